The maximum Gasteiger partial charge on any atom is 0.416 e. The lowest BCUT2D eigenvalue weighted by Gasteiger charge is -2.18. The molecule has 5 nitrogen and oxygen atoms in total. The fourth-order valence-corrected chi connectivity index (χ4v) is 1.06. The van der Waals surface area contributed by atoms with E-state index in [1.807, 2.05) is 20.8 Å². The van der Waals surface area contributed by atoms with Crippen LogP contribution >= 0.6 is 0 Å². The van der Waals surface area contributed by atoms with E-state index >= 15 is 0 Å². The Bertz CT molecular complexity index is 402. The number of anilines is 1. The SMILES string of the molecule is C=C(C)OC(=O)Nc1cnn(C(C)(C)C)c1. The highest BCUT2D eigenvalue weighted by molar-refractivity contribution is 5.84. The van der Waals surface area contributed by atoms with Crippen molar-refractivity contribution in [2.45, 2.75) is 33.2 Å². The summed E-state index contributed by atoms with van der Waals surface area (Å²) in [6.07, 6.45) is 2.77. The first kappa shape index (κ1) is 12.3. The highest BCUT2D eigenvalue weighted by atomic mass is 16.6. The first-order valence-electron chi connectivity index (χ1n) is 4.98. The second-order valence-electron chi connectivity index (χ2n) is 4.56. The van der Waals surface area contributed by atoms with Crippen LogP contribution in [0.3, 0.4) is 0 Å². The molecule has 1 aromatic rings. The zero-order valence-electron chi connectivity index (χ0n) is 10.1. The Morgan fingerprint density at radius 1 is 1.56 bits per heavy atom. The van der Waals surface area contributed by atoms with Crippen molar-refractivity contribution in [1.82, 2.24) is 9.78 Å². The highest BCUT2D eigenvalue weighted by Gasteiger charge is 2.14. The van der Waals surface area contributed by atoms with Crippen molar-refractivity contribution in [2.75, 3.05) is 5.32 Å². The van der Waals surface area contributed by atoms with Crippen LogP contribution in [0.1, 0.15) is 27.7 Å². The smallest absolute Gasteiger partial charge is 0.416 e. The molecule has 16 heavy (non-hydrogen) atoms. The lowest BCUT2D eigenvalue weighted by atomic mass is 10.1. The molecular weight excluding hydrogens is 206 g/mol. The molecule has 1 rings (SSSR count). The van der Waals surface area contributed by atoms with Crippen molar-refractivity contribution in [1.29, 1.82) is 0 Å². The predicted molar refractivity (Wildman–Crippen MR) is 62.1 cm³/mol. The van der Waals surface area contributed by atoms with Gasteiger partial charge in [0.25, 0.3) is 0 Å². The van der Waals surface area contributed by atoms with Gasteiger partial charge >= 0.3 is 6.09 Å². The van der Waals surface area contributed by atoms with Gasteiger partial charge in [-0.2, -0.15) is 5.10 Å². The average Bonchev–Trinajstić information content (AvgIpc) is 2.49. The summed E-state index contributed by atoms with van der Waals surface area (Å²) >= 11 is 0. The first-order chi connectivity index (χ1) is 7.29. The maximum atomic E-state index is 11.3. The monoisotopic (exact) mass is 223 g/mol. The number of ether oxygens (including phenoxy) is 1. The number of rotatable bonds is 2. The van der Waals surface area contributed by atoms with Crippen LogP contribution in [0, 0.1) is 0 Å². The largest absolute Gasteiger partial charge is 0.416 e. The van der Waals surface area contributed by atoms with Crippen LogP contribution < -0.4 is 5.32 Å². The minimum Gasteiger partial charge on any atom is -0.416 e. The second-order valence-corrected chi connectivity index (χ2v) is 4.56. The number of nitrogens with one attached hydrogen (secondary N) is 1. The van der Waals surface area contributed by atoms with E-state index in [9.17, 15) is 4.79 Å². The van der Waals surface area contributed by atoms with E-state index in [-0.39, 0.29) is 5.54 Å². The Hall–Kier alpha value is -1.78. The van der Waals surface area contributed by atoms with E-state index in [0.29, 0.717) is 11.4 Å². The van der Waals surface area contributed by atoms with Crippen molar-refractivity contribution in [3.63, 3.8) is 0 Å². The summed E-state index contributed by atoms with van der Waals surface area (Å²) in [5.74, 6) is 0.348. The van der Waals surface area contributed by atoms with Gasteiger partial charge in [0.15, 0.2) is 0 Å². The van der Waals surface area contributed by atoms with Crippen LogP contribution in [0.25, 0.3) is 0 Å². The van der Waals surface area contributed by atoms with Crippen LogP contribution in [0.2, 0.25) is 0 Å². The van der Waals surface area contributed by atoms with Crippen LogP contribution in [-0.2, 0) is 10.3 Å². The molecule has 5 heteroatoms. The molecule has 0 unspecified atom stereocenters. The van der Waals surface area contributed by atoms with Crippen molar-refractivity contribution >= 4 is 11.8 Å². The van der Waals surface area contributed by atoms with Crippen LogP contribution in [0.5, 0.6) is 0 Å². The molecule has 0 aliphatic carbocycles. The molecule has 0 saturated carbocycles. The van der Waals surface area contributed by atoms with Crippen molar-refractivity contribution in [2.24, 2.45) is 0 Å². The fraction of sp³-hybridized carbons (Fsp3) is 0.455. The van der Waals surface area contributed by atoms with Crippen molar-refractivity contribution < 1.29 is 9.53 Å². The Balaban J connectivity index is 2.66. The zero-order chi connectivity index (χ0) is 12.3. The molecule has 0 fully saturated rings. The van der Waals surface area contributed by atoms with Gasteiger partial charge in [0.05, 0.1) is 23.2 Å². The topological polar surface area (TPSA) is 56.1 Å². The molecule has 88 valence electrons. The van der Waals surface area contributed by atoms with Crippen molar-refractivity contribution in [3.8, 4) is 0 Å². The number of hydrogen-bond donors (Lipinski definition) is 1. The minimum absolute atomic E-state index is 0.113. The van der Waals surface area contributed by atoms with E-state index < -0.39 is 6.09 Å². The molecule has 1 heterocycles. The zero-order valence-corrected chi connectivity index (χ0v) is 10.1. The quantitative estimate of drug-likeness (QED) is 0.784. The number of nitrogens with zero attached hydrogens (tertiary/aromatic N) is 2. The van der Waals surface area contributed by atoms with E-state index in [2.05, 4.69) is 17.0 Å². The third kappa shape index (κ3) is 3.42. The number of amides is 1. The molecule has 0 aromatic carbocycles. The Kier molecular flexibility index (Phi) is 3.37. The summed E-state index contributed by atoms with van der Waals surface area (Å²) in [6, 6.07) is 0. The van der Waals surface area contributed by atoms with E-state index in [4.69, 9.17) is 4.74 Å². The van der Waals surface area contributed by atoms with Crippen LogP contribution in [-0.4, -0.2) is 15.9 Å². The Labute approximate surface area is 95.1 Å². The first-order valence-corrected chi connectivity index (χ1v) is 4.98. The van der Waals surface area contributed by atoms with E-state index in [0.717, 1.165) is 0 Å². The fourth-order valence-electron chi connectivity index (χ4n) is 1.06. The molecule has 0 atom stereocenters. The number of carbonyl (C=O) groups is 1. The van der Waals surface area contributed by atoms with Gasteiger partial charge in [-0.1, -0.05) is 6.58 Å². The molecule has 0 bridgehead atoms. The molecule has 1 aromatic heterocycles. The lowest BCUT2D eigenvalue weighted by molar-refractivity contribution is 0.192. The number of hydrogen-bond acceptors (Lipinski definition) is 3. The van der Waals surface area contributed by atoms with Gasteiger partial charge < -0.3 is 4.74 Å². The maximum absolute atomic E-state index is 11.3. The molecular formula is C11H17N3O2. The second kappa shape index (κ2) is 4.38. The summed E-state index contributed by atoms with van der Waals surface area (Å²) < 4.78 is 6.53. The summed E-state index contributed by atoms with van der Waals surface area (Å²) in [4.78, 5) is 11.3. The average molecular weight is 223 g/mol. The van der Waals surface area contributed by atoms with Gasteiger partial charge in [-0.25, -0.2) is 4.79 Å². The van der Waals surface area contributed by atoms with Gasteiger partial charge in [-0.15, -0.1) is 0 Å². The minimum atomic E-state index is -0.555. The summed E-state index contributed by atoms with van der Waals surface area (Å²) in [5.41, 5.74) is 0.485. The number of aromatic nitrogens is 2. The number of carbonyl (C=O) groups excluding carboxylic acids is 1. The summed E-state index contributed by atoms with van der Waals surface area (Å²) in [6.45, 7) is 11.2. The molecule has 0 saturated heterocycles. The van der Waals surface area contributed by atoms with Crippen LogP contribution in [0.15, 0.2) is 24.7 Å². The Morgan fingerprint density at radius 3 is 2.62 bits per heavy atom. The van der Waals surface area contributed by atoms with Gasteiger partial charge in [-0.05, 0) is 27.7 Å². The van der Waals surface area contributed by atoms with Gasteiger partial charge in [-0.3, -0.25) is 10.00 Å². The standard InChI is InChI=1S/C11H17N3O2/c1-8(2)16-10(15)13-9-6-12-14(7-9)11(3,4)5/h6-7H,1H2,2-5H3,(H,13,15). The van der Waals surface area contributed by atoms with E-state index in [1.165, 1.54) is 0 Å². The molecule has 1 amide bonds. The van der Waals surface area contributed by atoms with Crippen LogP contribution in [0.4, 0.5) is 10.5 Å². The highest BCUT2D eigenvalue weighted by Crippen LogP contribution is 2.15. The molecule has 0 radical (unpaired) electrons. The van der Waals surface area contributed by atoms with Gasteiger partial charge in [0.2, 0.25) is 0 Å². The third-order valence-corrected chi connectivity index (χ3v) is 1.78. The lowest BCUT2D eigenvalue weighted by Crippen LogP contribution is -2.22. The van der Waals surface area contributed by atoms with Gasteiger partial charge in [0.1, 0.15) is 0 Å². The normalized spacial score (nSPS) is 11.0. The summed E-state index contributed by atoms with van der Waals surface area (Å²) in [7, 11) is 0. The summed E-state index contributed by atoms with van der Waals surface area (Å²) in [5, 5.41) is 6.70. The predicted octanol–water partition coefficient (Wildman–Crippen LogP) is 2.72. The van der Waals surface area contributed by atoms with E-state index in [1.54, 1.807) is 24.0 Å². The van der Waals surface area contributed by atoms with Crippen molar-refractivity contribution in [3.05, 3.63) is 24.7 Å². The third-order valence-electron chi connectivity index (χ3n) is 1.78. The molecule has 0 aliphatic heterocycles. The number of allylic oxidation sites excluding steroid dienone is 1. The molecule has 0 aliphatic rings. The van der Waals surface area contributed by atoms with Gasteiger partial charge in [0, 0.05) is 6.20 Å². The Morgan fingerprint density at radius 2 is 2.19 bits per heavy atom. The molecule has 1 N–H and O–H groups in total. The molecule has 0 spiro atoms.